The van der Waals surface area contributed by atoms with Crippen LogP contribution in [-0.4, -0.2) is 44.7 Å². The summed E-state index contributed by atoms with van der Waals surface area (Å²) in [4.78, 5) is 19.5. The molecule has 1 aliphatic heterocycles. The van der Waals surface area contributed by atoms with Crippen molar-refractivity contribution in [1.82, 2.24) is 25.0 Å². The molecule has 7 nitrogen and oxygen atoms in total. The van der Waals surface area contributed by atoms with Crippen LogP contribution >= 0.6 is 22.9 Å². The summed E-state index contributed by atoms with van der Waals surface area (Å²) in [6.45, 7) is 5.51. The van der Waals surface area contributed by atoms with Crippen molar-refractivity contribution in [3.63, 3.8) is 0 Å². The minimum atomic E-state index is -0.164. The summed E-state index contributed by atoms with van der Waals surface area (Å²) in [5.74, 6) is -0.164. The summed E-state index contributed by atoms with van der Waals surface area (Å²) in [5, 5.41) is 19.8. The first-order chi connectivity index (χ1) is 15.0. The molecule has 9 heteroatoms. The predicted molar refractivity (Wildman–Crippen MR) is 121 cm³/mol. The lowest BCUT2D eigenvalue weighted by Crippen LogP contribution is -2.36. The molecule has 1 N–H and O–H groups in total. The van der Waals surface area contributed by atoms with Gasteiger partial charge in [-0.15, -0.1) is 11.3 Å². The summed E-state index contributed by atoms with van der Waals surface area (Å²) in [6, 6.07) is 9.07. The fraction of sp³-hybridized carbons (Fsp3) is 0.364. The number of benzene rings is 1. The number of thiazole rings is 1. The van der Waals surface area contributed by atoms with E-state index in [1.807, 2.05) is 30.6 Å². The number of carbonyl (C=O) groups is 1. The van der Waals surface area contributed by atoms with Crippen LogP contribution in [0.15, 0.2) is 35.8 Å². The highest BCUT2D eigenvalue weighted by molar-refractivity contribution is 7.09. The summed E-state index contributed by atoms with van der Waals surface area (Å²) >= 11 is 7.66. The highest BCUT2D eigenvalue weighted by Crippen LogP contribution is 2.24. The van der Waals surface area contributed by atoms with Crippen LogP contribution in [0.5, 0.6) is 0 Å². The highest BCUT2D eigenvalue weighted by atomic mass is 35.5. The van der Waals surface area contributed by atoms with E-state index in [-0.39, 0.29) is 11.9 Å². The van der Waals surface area contributed by atoms with Crippen molar-refractivity contribution in [2.24, 2.45) is 0 Å². The molecule has 31 heavy (non-hydrogen) atoms. The number of rotatable bonds is 7. The van der Waals surface area contributed by atoms with E-state index >= 15 is 0 Å². The Balaban J connectivity index is 1.33. The largest absolute Gasteiger partial charge is 0.346 e. The van der Waals surface area contributed by atoms with E-state index in [4.69, 9.17) is 16.9 Å². The quantitative estimate of drug-likeness (QED) is 0.584. The molecule has 1 atom stereocenters. The van der Waals surface area contributed by atoms with Gasteiger partial charge in [0, 0.05) is 23.2 Å². The van der Waals surface area contributed by atoms with Crippen molar-refractivity contribution in [2.45, 2.75) is 38.9 Å². The second-order valence-corrected chi connectivity index (χ2v) is 9.06. The van der Waals surface area contributed by atoms with Gasteiger partial charge in [-0.2, -0.15) is 10.4 Å². The number of hydrogen-bond acceptors (Lipinski definition) is 6. The molecule has 1 saturated heterocycles. The lowest BCUT2D eigenvalue weighted by Gasteiger charge is -2.13. The number of nitrogens with one attached hydrogen (secondary N) is 1. The molecule has 0 saturated carbocycles. The molecule has 0 radical (unpaired) electrons. The van der Waals surface area contributed by atoms with E-state index in [1.54, 1.807) is 16.8 Å². The summed E-state index contributed by atoms with van der Waals surface area (Å²) in [6.07, 6.45) is 4.34. The lowest BCUT2D eigenvalue weighted by atomic mass is 10.1. The SMILES string of the molecule is C[C@H](Cn1ccc(-c2ccc(C#N)c(Cl)c2)n1)NC(=O)c1csc(CN2CCCC2)n1. The first kappa shape index (κ1) is 21.5. The van der Waals surface area contributed by atoms with Gasteiger partial charge in [0.25, 0.3) is 5.91 Å². The number of hydrogen-bond donors (Lipinski definition) is 1. The molecule has 0 aliphatic carbocycles. The van der Waals surface area contributed by atoms with E-state index in [2.05, 4.69) is 26.4 Å². The Morgan fingerprint density at radius 1 is 1.35 bits per heavy atom. The van der Waals surface area contributed by atoms with Gasteiger partial charge in [-0.3, -0.25) is 14.4 Å². The average Bonchev–Trinajstić information content (AvgIpc) is 3.50. The van der Waals surface area contributed by atoms with Gasteiger partial charge in [0.1, 0.15) is 16.8 Å². The number of amides is 1. The first-order valence-corrected chi connectivity index (χ1v) is 11.5. The van der Waals surface area contributed by atoms with Crippen LogP contribution in [0.1, 0.15) is 40.8 Å². The molecule has 4 rings (SSSR count). The zero-order chi connectivity index (χ0) is 21.8. The number of halogens is 1. The van der Waals surface area contributed by atoms with E-state index in [0.717, 1.165) is 35.9 Å². The van der Waals surface area contributed by atoms with Crippen LogP contribution in [0, 0.1) is 11.3 Å². The number of aromatic nitrogens is 3. The second kappa shape index (κ2) is 9.60. The molecule has 0 bridgehead atoms. The van der Waals surface area contributed by atoms with E-state index in [0.29, 0.717) is 22.8 Å². The molecule has 3 heterocycles. The van der Waals surface area contributed by atoms with Crippen LogP contribution in [0.4, 0.5) is 0 Å². The van der Waals surface area contributed by atoms with Crippen molar-refractivity contribution in [3.05, 3.63) is 57.1 Å². The van der Waals surface area contributed by atoms with Crippen LogP contribution in [-0.2, 0) is 13.1 Å². The molecule has 0 spiro atoms. The summed E-state index contributed by atoms with van der Waals surface area (Å²) < 4.78 is 1.78. The Hall–Kier alpha value is -2.73. The minimum absolute atomic E-state index is 0.117. The topological polar surface area (TPSA) is 86.8 Å². The molecule has 3 aromatic rings. The molecule has 1 aliphatic rings. The van der Waals surface area contributed by atoms with Crippen molar-refractivity contribution >= 4 is 28.8 Å². The van der Waals surface area contributed by atoms with Gasteiger partial charge >= 0.3 is 0 Å². The minimum Gasteiger partial charge on any atom is -0.346 e. The number of likely N-dealkylation sites (tertiary alicyclic amines) is 1. The fourth-order valence-corrected chi connectivity index (χ4v) is 4.66. The zero-order valence-electron chi connectivity index (χ0n) is 17.2. The maximum Gasteiger partial charge on any atom is 0.271 e. The Morgan fingerprint density at radius 2 is 2.16 bits per heavy atom. The molecule has 1 fully saturated rings. The Labute approximate surface area is 190 Å². The Bertz CT molecular complexity index is 1110. The predicted octanol–water partition coefficient (Wildman–Crippen LogP) is 3.95. The van der Waals surface area contributed by atoms with Gasteiger partial charge in [0.05, 0.1) is 29.4 Å². The molecule has 1 amide bonds. The molecule has 2 aromatic heterocycles. The molecular formula is C22H23ClN6OS. The number of carbonyl (C=O) groups excluding carboxylic acids is 1. The van der Waals surface area contributed by atoms with Gasteiger partial charge < -0.3 is 5.32 Å². The molecular weight excluding hydrogens is 432 g/mol. The molecule has 0 unspecified atom stereocenters. The first-order valence-electron chi connectivity index (χ1n) is 10.2. The zero-order valence-corrected chi connectivity index (χ0v) is 18.8. The van der Waals surface area contributed by atoms with Crippen LogP contribution in [0.2, 0.25) is 5.02 Å². The van der Waals surface area contributed by atoms with Crippen LogP contribution in [0.3, 0.4) is 0 Å². The van der Waals surface area contributed by atoms with E-state index in [9.17, 15) is 4.79 Å². The average molecular weight is 455 g/mol. The fourth-order valence-electron chi connectivity index (χ4n) is 3.63. The smallest absolute Gasteiger partial charge is 0.271 e. The van der Waals surface area contributed by atoms with Crippen LogP contribution in [0.25, 0.3) is 11.3 Å². The maximum atomic E-state index is 12.6. The summed E-state index contributed by atoms with van der Waals surface area (Å²) in [5.41, 5.74) is 2.51. The molecule has 1 aromatic carbocycles. The van der Waals surface area contributed by atoms with Crippen molar-refractivity contribution in [3.8, 4) is 17.3 Å². The van der Waals surface area contributed by atoms with E-state index in [1.165, 1.54) is 24.2 Å². The molecule has 160 valence electrons. The Kier molecular flexibility index (Phi) is 6.66. The van der Waals surface area contributed by atoms with E-state index < -0.39 is 0 Å². The Morgan fingerprint density at radius 3 is 2.90 bits per heavy atom. The third-order valence-corrected chi connectivity index (χ3v) is 6.35. The van der Waals surface area contributed by atoms with Gasteiger partial charge in [-0.05, 0) is 51.1 Å². The van der Waals surface area contributed by atoms with Gasteiger partial charge in [-0.1, -0.05) is 17.7 Å². The monoisotopic (exact) mass is 454 g/mol. The van der Waals surface area contributed by atoms with Gasteiger partial charge in [0.15, 0.2) is 0 Å². The van der Waals surface area contributed by atoms with Crippen molar-refractivity contribution < 1.29 is 4.79 Å². The van der Waals surface area contributed by atoms with Crippen LogP contribution < -0.4 is 5.32 Å². The van der Waals surface area contributed by atoms with Crippen molar-refractivity contribution in [2.75, 3.05) is 13.1 Å². The normalized spacial score (nSPS) is 15.0. The second-order valence-electron chi connectivity index (χ2n) is 7.71. The standard InChI is InChI=1S/C22H23ClN6OS/c1-15(25-22(30)20-14-31-21(26-20)13-28-7-2-3-8-28)12-29-9-6-19(27-29)16-4-5-17(11-24)18(23)10-16/h4-6,9-10,14-15H,2-3,7-8,12-13H2,1H3,(H,25,30)/t15-/m1/s1. The van der Waals surface area contributed by atoms with Crippen molar-refractivity contribution in [1.29, 1.82) is 5.26 Å². The van der Waals surface area contributed by atoms with Gasteiger partial charge in [-0.25, -0.2) is 4.98 Å². The number of nitriles is 1. The lowest BCUT2D eigenvalue weighted by molar-refractivity contribution is 0.0931. The number of nitrogens with zero attached hydrogens (tertiary/aromatic N) is 5. The third-order valence-electron chi connectivity index (χ3n) is 5.21. The third kappa shape index (κ3) is 5.31. The van der Waals surface area contributed by atoms with Gasteiger partial charge in [0.2, 0.25) is 0 Å². The summed E-state index contributed by atoms with van der Waals surface area (Å²) in [7, 11) is 0. The highest BCUT2D eigenvalue weighted by Gasteiger charge is 2.17. The maximum absolute atomic E-state index is 12.6.